The fourth-order valence-electron chi connectivity index (χ4n) is 3.76. The number of carbonyl (C=O) groups excluding carboxylic acids is 1. The van der Waals surface area contributed by atoms with Crippen molar-refractivity contribution < 1.29 is 4.79 Å². The maximum atomic E-state index is 12.8. The molecule has 0 atom stereocenters. The number of hydrogen-bond acceptors (Lipinski definition) is 4. The molecule has 6 nitrogen and oxygen atoms in total. The minimum Gasteiger partial charge on any atom is -0.370 e. The molecule has 3 heterocycles. The molecular formula is C19H27Cl2N5O. The number of H-pyrrole nitrogens is 1. The third-order valence-corrected chi connectivity index (χ3v) is 5.12. The van der Waals surface area contributed by atoms with E-state index in [0.717, 1.165) is 48.7 Å². The molecule has 0 spiro atoms. The van der Waals surface area contributed by atoms with Gasteiger partial charge in [-0.1, -0.05) is 25.0 Å². The Hall–Kier alpha value is -1.76. The zero-order valence-electron chi connectivity index (χ0n) is 15.3. The lowest BCUT2D eigenvalue weighted by atomic mass is 10.1. The number of benzene rings is 1. The van der Waals surface area contributed by atoms with Gasteiger partial charge in [0.1, 0.15) is 0 Å². The first kappa shape index (κ1) is 21.5. The van der Waals surface area contributed by atoms with Gasteiger partial charge in [0.2, 0.25) is 0 Å². The van der Waals surface area contributed by atoms with Crippen molar-refractivity contribution in [2.24, 2.45) is 0 Å². The predicted octanol–water partition coefficient (Wildman–Crippen LogP) is 3.53. The van der Waals surface area contributed by atoms with Crippen LogP contribution in [-0.2, 0) is 13.0 Å². The third kappa shape index (κ3) is 4.75. The number of anilines is 2. The van der Waals surface area contributed by atoms with Gasteiger partial charge in [-0.25, -0.2) is 0 Å². The highest BCUT2D eigenvalue weighted by atomic mass is 35.5. The van der Waals surface area contributed by atoms with Crippen LogP contribution >= 0.6 is 24.8 Å². The molecule has 1 aromatic carbocycles. The van der Waals surface area contributed by atoms with Crippen molar-refractivity contribution in [1.82, 2.24) is 15.5 Å². The zero-order valence-corrected chi connectivity index (χ0v) is 16.9. The topological polar surface area (TPSA) is 73.0 Å². The van der Waals surface area contributed by atoms with E-state index in [4.69, 9.17) is 0 Å². The molecule has 1 amide bonds. The maximum absolute atomic E-state index is 12.8. The second-order valence-electron chi connectivity index (χ2n) is 6.83. The van der Waals surface area contributed by atoms with E-state index in [9.17, 15) is 4.79 Å². The van der Waals surface area contributed by atoms with Gasteiger partial charge in [-0.2, -0.15) is 5.10 Å². The van der Waals surface area contributed by atoms with Gasteiger partial charge in [0.05, 0.1) is 11.4 Å². The Morgan fingerprint density at radius 1 is 1.07 bits per heavy atom. The number of fused-ring (bicyclic) bond motifs is 1. The van der Waals surface area contributed by atoms with Gasteiger partial charge < -0.3 is 15.5 Å². The minimum absolute atomic E-state index is 0. The maximum Gasteiger partial charge on any atom is 0.276 e. The molecule has 4 rings (SSSR count). The van der Waals surface area contributed by atoms with Crippen molar-refractivity contribution in [3.63, 3.8) is 0 Å². The van der Waals surface area contributed by atoms with E-state index < -0.39 is 0 Å². The smallest absolute Gasteiger partial charge is 0.276 e. The second kappa shape index (κ2) is 9.97. The molecule has 0 unspecified atom stereocenters. The molecule has 1 saturated heterocycles. The molecule has 1 aromatic heterocycles. The zero-order chi connectivity index (χ0) is 17.1. The fourth-order valence-corrected chi connectivity index (χ4v) is 3.76. The first-order chi connectivity index (χ1) is 12.3. The van der Waals surface area contributed by atoms with Crippen LogP contribution < -0.4 is 15.5 Å². The minimum atomic E-state index is -0.136. The van der Waals surface area contributed by atoms with E-state index in [2.05, 4.69) is 31.8 Å². The molecule has 1 fully saturated rings. The Balaban J connectivity index is 0.00000131. The molecule has 0 bridgehead atoms. The normalized spacial score (nSPS) is 16.4. The standard InChI is InChI=1S/C19H25N5O.2ClH/c25-19(18-14-13-20-10-9-15(14)22-23-18)21-16-7-3-4-8-17(16)24-11-5-1-2-6-12-24;;/h3-4,7-8,20H,1-2,5-6,9-13H2,(H,21,25)(H,22,23);2*1H. The highest BCUT2D eigenvalue weighted by Crippen LogP contribution is 2.28. The van der Waals surface area contributed by atoms with E-state index in [-0.39, 0.29) is 30.7 Å². The summed E-state index contributed by atoms with van der Waals surface area (Å²) in [5.41, 5.74) is 4.56. The number of aromatic nitrogens is 2. The predicted molar refractivity (Wildman–Crippen MR) is 114 cm³/mol. The van der Waals surface area contributed by atoms with E-state index >= 15 is 0 Å². The molecule has 27 heavy (non-hydrogen) atoms. The summed E-state index contributed by atoms with van der Waals surface area (Å²) in [7, 11) is 0. The molecular weight excluding hydrogens is 385 g/mol. The van der Waals surface area contributed by atoms with E-state index in [0.29, 0.717) is 12.2 Å². The molecule has 0 aliphatic carbocycles. The summed E-state index contributed by atoms with van der Waals surface area (Å²) < 4.78 is 0. The van der Waals surface area contributed by atoms with Crippen molar-refractivity contribution in [2.75, 3.05) is 29.9 Å². The quantitative estimate of drug-likeness (QED) is 0.721. The molecule has 8 heteroatoms. The summed E-state index contributed by atoms with van der Waals surface area (Å²) >= 11 is 0. The van der Waals surface area contributed by atoms with Crippen LogP contribution in [0.1, 0.15) is 47.4 Å². The number of para-hydroxylation sites is 2. The highest BCUT2D eigenvalue weighted by Gasteiger charge is 2.23. The van der Waals surface area contributed by atoms with Crippen LogP contribution in [0.5, 0.6) is 0 Å². The number of nitrogens with one attached hydrogen (secondary N) is 3. The molecule has 2 aromatic rings. The van der Waals surface area contributed by atoms with Gasteiger partial charge >= 0.3 is 0 Å². The molecule has 0 saturated carbocycles. The number of halogens is 2. The van der Waals surface area contributed by atoms with E-state index in [1.807, 2.05) is 18.2 Å². The lowest BCUT2D eigenvalue weighted by Gasteiger charge is -2.25. The van der Waals surface area contributed by atoms with Gasteiger partial charge in [-0.3, -0.25) is 9.89 Å². The van der Waals surface area contributed by atoms with Gasteiger partial charge in [0.25, 0.3) is 5.91 Å². The number of amides is 1. The number of carbonyl (C=O) groups is 1. The lowest BCUT2D eigenvalue weighted by Crippen LogP contribution is -2.27. The fraction of sp³-hybridized carbons (Fsp3) is 0.474. The summed E-state index contributed by atoms with van der Waals surface area (Å²) in [4.78, 5) is 15.2. The molecule has 148 valence electrons. The van der Waals surface area contributed by atoms with Gasteiger partial charge in [-0.05, 0) is 25.0 Å². The molecule has 0 radical (unpaired) electrons. The molecule has 2 aliphatic rings. The summed E-state index contributed by atoms with van der Waals surface area (Å²) in [6.45, 7) is 3.72. The Morgan fingerprint density at radius 3 is 2.59 bits per heavy atom. The van der Waals surface area contributed by atoms with Crippen molar-refractivity contribution in [2.45, 2.75) is 38.6 Å². The lowest BCUT2D eigenvalue weighted by molar-refractivity contribution is 0.102. The average Bonchev–Trinajstić information content (AvgIpc) is 2.89. The third-order valence-electron chi connectivity index (χ3n) is 5.12. The summed E-state index contributed by atoms with van der Waals surface area (Å²) in [6.07, 6.45) is 5.89. The molecule has 3 N–H and O–H groups in total. The van der Waals surface area contributed by atoms with E-state index in [1.54, 1.807) is 0 Å². The van der Waals surface area contributed by atoms with Crippen LogP contribution in [0, 0.1) is 0 Å². The highest BCUT2D eigenvalue weighted by molar-refractivity contribution is 6.05. The van der Waals surface area contributed by atoms with Gasteiger partial charge in [-0.15, -0.1) is 24.8 Å². The van der Waals surface area contributed by atoms with Crippen molar-refractivity contribution >= 4 is 42.1 Å². The van der Waals surface area contributed by atoms with Crippen LogP contribution in [0.4, 0.5) is 11.4 Å². The first-order valence-electron chi connectivity index (χ1n) is 9.25. The van der Waals surface area contributed by atoms with Crippen molar-refractivity contribution in [3.8, 4) is 0 Å². The van der Waals surface area contributed by atoms with Crippen molar-refractivity contribution in [3.05, 3.63) is 41.2 Å². The van der Waals surface area contributed by atoms with Crippen LogP contribution in [-0.4, -0.2) is 35.7 Å². The summed E-state index contributed by atoms with van der Waals surface area (Å²) in [5, 5.41) is 13.7. The Labute approximate surface area is 172 Å². The number of nitrogens with zero attached hydrogens (tertiary/aromatic N) is 2. The van der Waals surface area contributed by atoms with Crippen LogP contribution in [0.2, 0.25) is 0 Å². The SMILES string of the molecule is Cl.Cl.O=C(Nc1ccccc1N1CCCCCC1)c1n[nH]c2c1CNCC2. The Bertz CT molecular complexity index is 756. The number of rotatable bonds is 3. The van der Waals surface area contributed by atoms with Crippen molar-refractivity contribution in [1.29, 1.82) is 0 Å². The number of aromatic amines is 1. The van der Waals surface area contributed by atoms with Gasteiger partial charge in [0, 0.05) is 43.9 Å². The summed E-state index contributed by atoms with van der Waals surface area (Å²) in [6, 6.07) is 8.09. The van der Waals surface area contributed by atoms with Gasteiger partial charge in [0.15, 0.2) is 5.69 Å². The van der Waals surface area contributed by atoms with Crippen LogP contribution in [0.15, 0.2) is 24.3 Å². The second-order valence-corrected chi connectivity index (χ2v) is 6.83. The average molecular weight is 412 g/mol. The monoisotopic (exact) mass is 411 g/mol. The Morgan fingerprint density at radius 2 is 1.81 bits per heavy atom. The largest absolute Gasteiger partial charge is 0.370 e. The number of hydrogen-bond donors (Lipinski definition) is 3. The van der Waals surface area contributed by atoms with Crippen LogP contribution in [0.3, 0.4) is 0 Å². The van der Waals surface area contributed by atoms with Crippen LogP contribution in [0.25, 0.3) is 0 Å². The summed E-state index contributed by atoms with van der Waals surface area (Å²) in [5.74, 6) is -0.136. The molecule has 2 aliphatic heterocycles. The first-order valence-corrected chi connectivity index (χ1v) is 9.25. The van der Waals surface area contributed by atoms with E-state index in [1.165, 1.54) is 25.7 Å². The Kier molecular flexibility index (Phi) is 7.95.